The molecule has 0 radical (unpaired) electrons. The van der Waals surface area contributed by atoms with Crippen LogP contribution in [0.5, 0.6) is 5.75 Å². The summed E-state index contributed by atoms with van der Waals surface area (Å²) in [5.41, 5.74) is 3.01. The van der Waals surface area contributed by atoms with Crippen molar-refractivity contribution in [2.75, 3.05) is 19.8 Å². The summed E-state index contributed by atoms with van der Waals surface area (Å²) in [7, 11) is 0. The Hall–Kier alpha value is -2.86. The number of hydrogen-bond donors (Lipinski definition) is 2. The van der Waals surface area contributed by atoms with E-state index >= 15 is 0 Å². The third kappa shape index (κ3) is 3.98. The number of carbonyl (C=O) groups excluding carboxylic acids is 1. The van der Waals surface area contributed by atoms with Gasteiger partial charge in [-0.3, -0.25) is 9.59 Å². The van der Waals surface area contributed by atoms with Crippen molar-refractivity contribution in [1.29, 1.82) is 0 Å². The molecule has 6 heteroatoms. The molecule has 2 aromatic rings. The van der Waals surface area contributed by atoms with E-state index in [1.165, 1.54) is 5.56 Å². The van der Waals surface area contributed by atoms with Crippen LogP contribution >= 0.6 is 0 Å². The van der Waals surface area contributed by atoms with Gasteiger partial charge in [-0.2, -0.15) is 0 Å². The molecule has 2 heterocycles. The van der Waals surface area contributed by atoms with Crippen molar-refractivity contribution < 1.29 is 24.2 Å². The fourth-order valence-electron chi connectivity index (χ4n) is 3.96. The highest BCUT2D eigenvalue weighted by Gasteiger charge is 2.47. The summed E-state index contributed by atoms with van der Waals surface area (Å²) < 4.78 is 10.9. The highest BCUT2D eigenvalue weighted by atomic mass is 16.5. The summed E-state index contributed by atoms with van der Waals surface area (Å²) in [5.74, 6) is -0.545. The lowest BCUT2D eigenvalue weighted by Crippen LogP contribution is -2.49. The summed E-state index contributed by atoms with van der Waals surface area (Å²) in [6.45, 7) is 1.66. The van der Waals surface area contributed by atoms with Crippen molar-refractivity contribution in [2.45, 2.75) is 32.2 Å². The molecule has 6 nitrogen and oxygen atoms in total. The fraction of sp³-hybridized carbons (Fsp3) is 0.391. The number of ether oxygens (including phenoxy) is 2. The largest absolute Gasteiger partial charge is 0.493 e. The Morgan fingerprint density at radius 3 is 2.45 bits per heavy atom. The van der Waals surface area contributed by atoms with Crippen LogP contribution < -0.4 is 10.1 Å². The summed E-state index contributed by atoms with van der Waals surface area (Å²) in [6, 6.07) is 14.2. The smallest absolute Gasteiger partial charge is 0.319 e. The third-order valence-electron chi connectivity index (χ3n) is 5.84. The second kappa shape index (κ2) is 8.25. The Bertz CT molecular complexity index is 900. The number of fused-ring (bicyclic) bond motifs is 1. The van der Waals surface area contributed by atoms with Gasteiger partial charge in [-0.05, 0) is 60.1 Å². The normalized spacial score (nSPS) is 17.7. The van der Waals surface area contributed by atoms with E-state index < -0.39 is 17.3 Å². The molecule has 0 atom stereocenters. The molecule has 1 amide bonds. The van der Waals surface area contributed by atoms with Crippen LogP contribution in [0.1, 0.15) is 30.4 Å². The van der Waals surface area contributed by atoms with E-state index in [2.05, 4.69) is 17.4 Å². The maximum Gasteiger partial charge on any atom is 0.319 e. The Balaban J connectivity index is 1.42. The summed E-state index contributed by atoms with van der Waals surface area (Å²) in [5, 5.41) is 12.4. The van der Waals surface area contributed by atoms with Gasteiger partial charge in [-0.1, -0.05) is 30.3 Å². The Morgan fingerprint density at radius 1 is 1.00 bits per heavy atom. The van der Waals surface area contributed by atoms with Gasteiger partial charge in [-0.15, -0.1) is 0 Å². The van der Waals surface area contributed by atoms with Crippen LogP contribution in [0.25, 0.3) is 11.1 Å². The van der Waals surface area contributed by atoms with Crippen LogP contribution in [-0.4, -0.2) is 36.8 Å². The second-order valence-corrected chi connectivity index (χ2v) is 7.65. The molecule has 1 fully saturated rings. The zero-order chi connectivity index (χ0) is 20.3. The zero-order valence-corrected chi connectivity index (χ0v) is 16.3. The lowest BCUT2D eigenvalue weighted by atomic mass is 9.79. The molecule has 1 saturated heterocycles. The zero-order valence-electron chi connectivity index (χ0n) is 16.3. The minimum absolute atomic E-state index is 0.204. The van der Waals surface area contributed by atoms with Crippen LogP contribution in [0.2, 0.25) is 0 Å². The number of nitrogens with one attached hydrogen (secondary N) is 1. The average Bonchev–Trinajstić information content (AvgIpc) is 2.77. The van der Waals surface area contributed by atoms with Crippen molar-refractivity contribution in [3.63, 3.8) is 0 Å². The second-order valence-electron chi connectivity index (χ2n) is 7.65. The molecule has 2 aliphatic rings. The van der Waals surface area contributed by atoms with Gasteiger partial charge in [0.25, 0.3) is 0 Å². The molecule has 152 valence electrons. The van der Waals surface area contributed by atoms with E-state index in [4.69, 9.17) is 9.47 Å². The maximum absolute atomic E-state index is 12.6. The van der Waals surface area contributed by atoms with Gasteiger partial charge in [-0.25, -0.2) is 0 Å². The van der Waals surface area contributed by atoms with Crippen LogP contribution in [0.4, 0.5) is 0 Å². The standard InChI is InChI=1S/C23H25NO5/c25-21(23(22(26)27)9-12-28-13-10-23)24-15-16-3-5-17(6-4-16)18-7-8-20-19(14-18)2-1-11-29-20/h3-8,14H,1-2,9-13,15H2,(H,24,25)(H,26,27). The fourth-order valence-corrected chi connectivity index (χ4v) is 3.96. The van der Waals surface area contributed by atoms with Crippen molar-refractivity contribution in [2.24, 2.45) is 5.41 Å². The lowest BCUT2D eigenvalue weighted by molar-refractivity contribution is -0.162. The van der Waals surface area contributed by atoms with Crippen molar-refractivity contribution in [3.05, 3.63) is 53.6 Å². The molecule has 0 spiro atoms. The van der Waals surface area contributed by atoms with E-state index in [1.807, 2.05) is 30.3 Å². The average molecular weight is 395 g/mol. The van der Waals surface area contributed by atoms with Gasteiger partial charge in [0.15, 0.2) is 5.41 Å². The maximum atomic E-state index is 12.6. The topological polar surface area (TPSA) is 84.9 Å². The van der Waals surface area contributed by atoms with Gasteiger partial charge in [0, 0.05) is 19.8 Å². The first-order valence-electron chi connectivity index (χ1n) is 10.0. The van der Waals surface area contributed by atoms with Gasteiger partial charge >= 0.3 is 5.97 Å². The number of aryl methyl sites for hydroxylation is 1. The summed E-state index contributed by atoms with van der Waals surface area (Å²) >= 11 is 0. The molecule has 2 N–H and O–H groups in total. The van der Waals surface area contributed by atoms with Crippen LogP contribution in [0.3, 0.4) is 0 Å². The van der Waals surface area contributed by atoms with Gasteiger partial charge in [0.05, 0.1) is 6.61 Å². The molecule has 0 saturated carbocycles. The SMILES string of the molecule is O=C(O)C1(C(=O)NCc2ccc(-c3ccc4c(c3)CCCO4)cc2)CCOCC1. The molecule has 0 aromatic heterocycles. The summed E-state index contributed by atoms with van der Waals surface area (Å²) in [6.07, 6.45) is 2.48. The predicted octanol–water partition coefficient (Wildman–Crippen LogP) is 3.18. The Morgan fingerprint density at radius 2 is 1.72 bits per heavy atom. The van der Waals surface area contributed by atoms with E-state index in [-0.39, 0.29) is 12.8 Å². The number of carboxylic acid groups (broad SMARTS) is 1. The first-order valence-corrected chi connectivity index (χ1v) is 10.0. The first kappa shape index (κ1) is 19.5. The molecular formula is C23H25NO5. The number of carboxylic acids is 1. The Kier molecular flexibility index (Phi) is 5.53. The number of aliphatic carboxylic acids is 1. The highest BCUT2D eigenvalue weighted by molar-refractivity contribution is 6.02. The number of benzene rings is 2. The van der Waals surface area contributed by atoms with E-state index in [9.17, 15) is 14.7 Å². The number of amides is 1. The molecule has 29 heavy (non-hydrogen) atoms. The molecule has 0 unspecified atom stereocenters. The number of hydrogen-bond acceptors (Lipinski definition) is 4. The number of rotatable bonds is 5. The summed E-state index contributed by atoms with van der Waals surface area (Å²) in [4.78, 5) is 24.3. The van der Waals surface area contributed by atoms with E-state index in [0.717, 1.165) is 41.9 Å². The highest BCUT2D eigenvalue weighted by Crippen LogP contribution is 2.32. The minimum Gasteiger partial charge on any atom is -0.493 e. The lowest BCUT2D eigenvalue weighted by Gasteiger charge is -2.31. The van der Waals surface area contributed by atoms with Crippen molar-refractivity contribution >= 4 is 11.9 Å². The molecule has 0 bridgehead atoms. The Labute approximate surface area is 169 Å². The molecular weight excluding hydrogens is 370 g/mol. The predicted molar refractivity (Wildman–Crippen MR) is 108 cm³/mol. The van der Waals surface area contributed by atoms with Crippen LogP contribution in [0.15, 0.2) is 42.5 Å². The number of carbonyl (C=O) groups is 2. The monoisotopic (exact) mass is 395 g/mol. The van der Waals surface area contributed by atoms with Gasteiger partial charge in [0.2, 0.25) is 5.91 Å². The van der Waals surface area contributed by atoms with Crippen molar-refractivity contribution in [1.82, 2.24) is 5.32 Å². The molecule has 2 aliphatic heterocycles. The van der Waals surface area contributed by atoms with Gasteiger partial charge < -0.3 is 19.9 Å². The van der Waals surface area contributed by atoms with Crippen molar-refractivity contribution in [3.8, 4) is 16.9 Å². The molecule has 4 rings (SSSR count). The molecule has 0 aliphatic carbocycles. The third-order valence-corrected chi connectivity index (χ3v) is 5.84. The van der Waals surface area contributed by atoms with Crippen LogP contribution in [-0.2, 0) is 27.3 Å². The van der Waals surface area contributed by atoms with E-state index in [0.29, 0.717) is 19.8 Å². The molecule has 2 aromatic carbocycles. The first-order chi connectivity index (χ1) is 14.1. The van der Waals surface area contributed by atoms with Crippen LogP contribution in [0, 0.1) is 5.41 Å². The quantitative estimate of drug-likeness (QED) is 0.760. The minimum atomic E-state index is -1.39. The van der Waals surface area contributed by atoms with Gasteiger partial charge in [0.1, 0.15) is 5.75 Å². The van der Waals surface area contributed by atoms with E-state index in [1.54, 1.807) is 0 Å².